The minimum absolute atomic E-state index is 0. The molecule has 19 nitrogen and oxygen atoms in total. The maximum absolute atomic E-state index is 9.96. The minimum atomic E-state index is -1.37. The third-order valence-electron chi connectivity index (χ3n) is 22.9. The molecule has 26 heteroatoms. The van der Waals surface area contributed by atoms with E-state index in [1.54, 1.807) is 24.5 Å². The van der Waals surface area contributed by atoms with Crippen molar-refractivity contribution in [1.29, 1.82) is 0 Å². The molecule has 22 rings (SSSR count). The summed E-state index contributed by atoms with van der Waals surface area (Å²) in [6.07, 6.45) is 22.3. The standard InChI is InChI=1S/2C26H25N3.C14H8BrN3.C14H9N3.C12H19BO2.C9H8N2.C5H3BrClN.CH3F.BHNS.H2O/c2*1-16(2)18-11-7-12-19(17(3)4)24(18)23-15-28-26-21-10-6-5-9-20(21)22-13-8-14-27-25(22)29(23)26;15-12-8-17-14-10-5-2-1-4-9(10)11-6-3-7-16-13(11)18(12)14;1-2-5-11-10(4-1)12-6-3-7-15-13(12)17-9-8-16-14(11)17;1-8(2)10-6-5-7-11(9(3)4)12(10)13(14)15;1-2-4-8(5-3-1)9-10-6-7-11-9;6-5-4(7)2-1-3-8-5;1-2;1-2-3;/h2*5-17H,1-4H3;1-8H;1-9H;5-9,14-15H,1-4H3;1-7H,(H,10,11);1-3H;1H3;3H;1H2/i;;;;;;;1D;;. The molecule has 0 aliphatic heterocycles. The van der Waals surface area contributed by atoms with Crippen molar-refractivity contribution in [2.45, 2.75) is 119 Å². The van der Waals surface area contributed by atoms with Gasteiger partial charge in [0.1, 0.15) is 60.2 Å². The number of aromatic amines is 1. The second-order valence-electron chi connectivity index (χ2n) is 33.1. The first kappa shape index (κ1) is 96.0. The summed E-state index contributed by atoms with van der Waals surface area (Å²) < 4.78 is 28.4. The van der Waals surface area contributed by atoms with Crippen LogP contribution < -0.4 is 5.46 Å². The van der Waals surface area contributed by atoms with Crippen LogP contribution >= 0.6 is 56.3 Å². The van der Waals surface area contributed by atoms with Crippen molar-refractivity contribution in [1.82, 2.24) is 72.4 Å². The van der Waals surface area contributed by atoms with Crippen LogP contribution in [0.1, 0.15) is 153 Å². The molecule has 0 amide bonds. The van der Waals surface area contributed by atoms with Crippen LogP contribution in [-0.4, -0.2) is 110 Å². The molecule has 8 aromatic carbocycles. The predicted molar refractivity (Wildman–Crippen MR) is 560 cm³/mol. The molecule has 0 bridgehead atoms. The first-order valence-electron chi connectivity index (χ1n) is 44.3. The molecule has 22 aromatic rings. The summed E-state index contributed by atoms with van der Waals surface area (Å²) in [4.78, 5) is 48.2. The van der Waals surface area contributed by atoms with E-state index < -0.39 is 14.3 Å². The first-order chi connectivity index (χ1) is 64.5. The molecule has 0 fully saturated rings. The Labute approximate surface area is 802 Å². The van der Waals surface area contributed by atoms with Gasteiger partial charge in [0.15, 0.2) is 0 Å². The number of nitrogens with one attached hydrogen (secondary N) is 1. The molecular weight excluding hydrogens is 1830 g/mol. The van der Waals surface area contributed by atoms with E-state index in [0.29, 0.717) is 50.6 Å². The number of halogens is 4. The van der Waals surface area contributed by atoms with Crippen LogP contribution in [0, 0.1) is 0 Å². The maximum atomic E-state index is 9.96. The summed E-state index contributed by atoms with van der Waals surface area (Å²) in [6, 6.07) is 82.9. The molecule has 5 N–H and O–H groups in total. The van der Waals surface area contributed by atoms with Crippen molar-refractivity contribution in [3.05, 3.63) is 365 Å². The number of benzene rings is 8. The predicted octanol–water partition coefficient (Wildman–Crippen LogP) is 26.9. The maximum Gasteiger partial charge on any atom is 0.146 e. The van der Waals surface area contributed by atoms with Crippen molar-refractivity contribution < 1.29 is 21.3 Å². The molecule has 0 spiro atoms. The topological polar surface area (TPSA) is 247 Å². The summed E-state index contributed by atoms with van der Waals surface area (Å²) >= 11 is 15.5. The zero-order chi connectivity index (χ0) is 94.1. The molecule has 1 radical (unpaired) electrons. The average Bonchev–Trinajstić information content (AvgIpc) is 1.60. The van der Waals surface area contributed by atoms with Crippen molar-refractivity contribution in [3.63, 3.8) is 0 Å². The molecular formula is C107H103B2Br2ClFN16O3S. The van der Waals surface area contributed by atoms with Crippen LogP contribution in [0.4, 0.5) is 4.39 Å². The van der Waals surface area contributed by atoms with Crippen molar-refractivity contribution >= 4 is 186 Å². The van der Waals surface area contributed by atoms with E-state index in [9.17, 15) is 14.4 Å². The van der Waals surface area contributed by atoms with Crippen molar-refractivity contribution in [2.24, 2.45) is 4.30 Å². The fraction of sp³-hybridized carbons (Fsp3) is 0.178. The number of fused-ring (bicyclic) bond motifs is 24. The summed E-state index contributed by atoms with van der Waals surface area (Å²) in [5, 5.41) is 33.5. The van der Waals surface area contributed by atoms with Gasteiger partial charge in [0.2, 0.25) is 0 Å². The molecule has 0 aliphatic rings. The second-order valence-corrected chi connectivity index (χ2v) is 35.3. The number of aromatic nitrogens is 15. The Morgan fingerprint density at radius 2 is 0.669 bits per heavy atom. The monoisotopic (exact) mass is 1930 g/mol. The summed E-state index contributed by atoms with van der Waals surface area (Å²) in [5.74, 6) is 3.23. The number of imidazole rings is 5. The Balaban J connectivity index is 0.000000135. The normalized spacial score (nSPS) is 11.2. The molecule has 0 unspecified atom stereocenters. The average molecular weight is 1930 g/mol. The van der Waals surface area contributed by atoms with E-state index >= 15 is 0 Å². The van der Waals surface area contributed by atoms with Gasteiger partial charge >= 0.3 is 31.9 Å². The number of hydrogen-bond acceptors (Lipinski definition) is 14. The summed E-state index contributed by atoms with van der Waals surface area (Å²) in [7, 11) is 1.96. The molecule has 0 saturated heterocycles. The van der Waals surface area contributed by atoms with Gasteiger partial charge in [0.05, 0.1) is 43.5 Å². The Bertz CT molecular complexity index is 7420. The minimum Gasteiger partial charge on any atom is -0.345 e. The SMILES string of the molecule is Brc1cnc2c3ccccc3c3cccnc3n12.CC(C)c1cccc(C(C)C)c1-c1cnc2c3ccccc3c3cccnc3n12.CC(C)c1cccc(C(C)C)c1-c1cnc2c3ccccc3c3cccnc3n12.CC(C)c1cccc(C(C)C)c1B(O)O.Clc1cccnc1Br.O.[2H]CF.[B]=NS.c1ccc(-c2ncc[nH]2)cc1.c1ccc2c(c1)c1cccnc1n1ccnc21. The zero-order valence-electron chi connectivity index (χ0n) is 76.9. The fourth-order valence-electron chi connectivity index (χ4n) is 17.1. The number of H-pyrrole nitrogens is 1. The van der Waals surface area contributed by atoms with Gasteiger partial charge in [0.25, 0.3) is 0 Å². The number of hydrogen-bond donors (Lipinski definition) is 4. The van der Waals surface area contributed by atoms with Crippen LogP contribution in [0.25, 0.3) is 144 Å². The van der Waals surface area contributed by atoms with Crippen LogP contribution in [0.5, 0.6) is 0 Å². The molecule has 14 heterocycles. The molecule has 14 aromatic heterocycles. The quantitative estimate of drug-likeness (QED) is 0.0432. The number of nitrogens with zero attached hydrogens (tertiary/aromatic N) is 15. The van der Waals surface area contributed by atoms with E-state index in [1.165, 1.54) is 54.9 Å². The number of rotatable bonds is 10. The molecule has 133 heavy (non-hydrogen) atoms. The van der Waals surface area contributed by atoms with E-state index in [0.717, 1.165) is 127 Å². The van der Waals surface area contributed by atoms with Crippen LogP contribution in [-0.2, 0) is 0 Å². The number of thiol groups is 1. The molecule has 669 valence electrons. The third-order valence-corrected chi connectivity index (χ3v) is 24.6. The van der Waals surface area contributed by atoms with Gasteiger partial charge in [-0.25, -0.2) is 49.8 Å². The molecule has 0 atom stereocenters. The largest absolute Gasteiger partial charge is 0.345 e. The Hall–Kier alpha value is -13.1. The van der Waals surface area contributed by atoms with Gasteiger partial charge in [-0.2, -0.15) is 0 Å². The van der Waals surface area contributed by atoms with Crippen LogP contribution in [0.2, 0.25) is 5.02 Å². The second kappa shape index (κ2) is 44.9. The summed E-state index contributed by atoms with van der Waals surface area (Å²) in [6.45, 7) is 26.3. The summed E-state index contributed by atoms with van der Waals surface area (Å²) in [5.41, 5.74) is 21.8. The van der Waals surface area contributed by atoms with E-state index in [4.69, 9.17) is 32.9 Å². The van der Waals surface area contributed by atoms with E-state index in [1.807, 2.05) is 168 Å². The molecule has 0 saturated carbocycles. The van der Waals surface area contributed by atoms with Gasteiger partial charge in [-0.1, -0.05) is 277 Å². The van der Waals surface area contributed by atoms with Crippen molar-refractivity contribution in [2.75, 3.05) is 7.15 Å². The van der Waals surface area contributed by atoms with E-state index in [2.05, 4.69) is 317 Å². The zero-order valence-corrected chi connectivity index (χ0v) is 80.7. The van der Waals surface area contributed by atoms with Gasteiger partial charge in [0, 0.05) is 116 Å². The van der Waals surface area contributed by atoms with Gasteiger partial charge in [-0.15, -0.1) is 0 Å². The van der Waals surface area contributed by atoms with Gasteiger partial charge in [-0.3, -0.25) is 22.0 Å². The van der Waals surface area contributed by atoms with Crippen molar-refractivity contribution in [3.8, 4) is 33.9 Å². The smallest absolute Gasteiger partial charge is 0.146 e. The fourth-order valence-corrected chi connectivity index (χ4v) is 17.9. The van der Waals surface area contributed by atoms with Gasteiger partial charge in [-0.05, 0) is 188 Å². The Morgan fingerprint density at radius 3 is 1.01 bits per heavy atom. The number of pyridine rings is 9. The first-order valence-corrected chi connectivity index (χ1v) is 46.0. The Morgan fingerprint density at radius 1 is 0.376 bits per heavy atom. The third kappa shape index (κ3) is 20.7. The van der Waals surface area contributed by atoms with Crippen LogP contribution in [0.15, 0.2) is 331 Å². The van der Waals surface area contributed by atoms with E-state index in [-0.39, 0.29) is 5.48 Å². The van der Waals surface area contributed by atoms with Crippen LogP contribution in [0.3, 0.4) is 0 Å². The molecule has 0 aliphatic carbocycles. The number of alkyl halides is 1. The Kier molecular flexibility index (Phi) is 32.4. The van der Waals surface area contributed by atoms with Gasteiger partial charge < -0.3 is 20.5 Å².